The van der Waals surface area contributed by atoms with Gasteiger partial charge in [0.25, 0.3) is 0 Å². The van der Waals surface area contributed by atoms with Crippen molar-refractivity contribution in [3.05, 3.63) is 12.2 Å². The zero-order valence-corrected chi connectivity index (χ0v) is 12.7. The van der Waals surface area contributed by atoms with E-state index >= 15 is 0 Å². The maximum absolute atomic E-state index is 10.0. The number of hydrogen-bond donors (Lipinski definition) is 1. The van der Waals surface area contributed by atoms with Crippen molar-refractivity contribution >= 4 is 11.8 Å². The van der Waals surface area contributed by atoms with Crippen LogP contribution in [-0.2, 0) is 13.0 Å². The lowest BCUT2D eigenvalue weighted by atomic mass is 10.2. The summed E-state index contributed by atoms with van der Waals surface area (Å²) in [7, 11) is 0. The first-order valence-corrected chi connectivity index (χ1v) is 7.74. The van der Waals surface area contributed by atoms with Gasteiger partial charge in [-0.2, -0.15) is 16.9 Å². The fourth-order valence-corrected chi connectivity index (χ4v) is 2.51. The van der Waals surface area contributed by atoms with Crippen LogP contribution in [0.25, 0.3) is 0 Å². The Morgan fingerprint density at radius 2 is 2.11 bits per heavy atom. The normalized spacial score (nSPS) is 15.0. The Morgan fingerprint density at radius 3 is 2.72 bits per heavy atom. The predicted octanol–water partition coefficient (Wildman–Crippen LogP) is 2.37. The first-order chi connectivity index (χ1) is 8.52. The van der Waals surface area contributed by atoms with Crippen molar-refractivity contribution in [2.75, 3.05) is 5.75 Å². The van der Waals surface area contributed by atoms with Crippen molar-refractivity contribution in [2.24, 2.45) is 5.92 Å². The third-order valence-electron chi connectivity index (χ3n) is 2.80. The van der Waals surface area contributed by atoms with Crippen molar-refractivity contribution in [1.29, 1.82) is 0 Å². The minimum absolute atomic E-state index is 0.334. The van der Waals surface area contributed by atoms with Gasteiger partial charge < -0.3 is 5.11 Å². The molecule has 0 saturated carbocycles. The Morgan fingerprint density at radius 1 is 1.39 bits per heavy atom. The van der Waals surface area contributed by atoms with Gasteiger partial charge in [0.2, 0.25) is 0 Å². The van der Waals surface area contributed by atoms with E-state index in [9.17, 15) is 5.11 Å². The maximum Gasteiger partial charge on any atom is 0.138 e. The van der Waals surface area contributed by atoms with Crippen LogP contribution in [0.5, 0.6) is 0 Å². The molecule has 1 aromatic rings. The van der Waals surface area contributed by atoms with Crippen LogP contribution in [0.15, 0.2) is 6.33 Å². The first-order valence-electron chi connectivity index (χ1n) is 6.69. The van der Waals surface area contributed by atoms with Gasteiger partial charge in [-0.3, -0.25) is 0 Å². The van der Waals surface area contributed by atoms with E-state index in [0.29, 0.717) is 17.6 Å². The summed E-state index contributed by atoms with van der Waals surface area (Å²) in [5, 5.41) is 14.8. The summed E-state index contributed by atoms with van der Waals surface area (Å²) >= 11 is 1.82. The monoisotopic (exact) mass is 271 g/mol. The fourth-order valence-electron chi connectivity index (χ4n) is 1.61. The van der Waals surface area contributed by atoms with E-state index in [2.05, 4.69) is 37.8 Å². The molecule has 0 bridgehead atoms. The summed E-state index contributed by atoms with van der Waals surface area (Å²) in [6, 6.07) is 0. The molecule has 2 unspecified atom stereocenters. The van der Waals surface area contributed by atoms with Crippen molar-refractivity contribution < 1.29 is 5.11 Å². The average molecular weight is 271 g/mol. The van der Waals surface area contributed by atoms with Crippen LogP contribution < -0.4 is 0 Å². The van der Waals surface area contributed by atoms with E-state index < -0.39 is 0 Å². The highest BCUT2D eigenvalue weighted by Gasteiger charge is 2.13. The van der Waals surface area contributed by atoms with Gasteiger partial charge in [0.05, 0.1) is 6.10 Å². The van der Waals surface area contributed by atoms with E-state index in [4.69, 9.17) is 0 Å². The van der Waals surface area contributed by atoms with Crippen LogP contribution in [0.2, 0.25) is 0 Å². The van der Waals surface area contributed by atoms with Crippen LogP contribution >= 0.6 is 11.8 Å². The number of thioether (sulfide) groups is 1. The molecule has 0 spiro atoms. The highest BCUT2D eigenvalue weighted by atomic mass is 32.2. The predicted molar refractivity (Wildman–Crippen MR) is 76.8 cm³/mol. The van der Waals surface area contributed by atoms with E-state index in [1.807, 2.05) is 16.4 Å². The van der Waals surface area contributed by atoms with Crippen LogP contribution in [0, 0.1) is 5.92 Å². The molecule has 0 amide bonds. The molecule has 18 heavy (non-hydrogen) atoms. The number of aliphatic hydroxyl groups excluding tert-OH is 1. The molecule has 2 atom stereocenters. The highest BCUT2D eigenvalue weighted by molar-refractivity contribution is 7.99. The second-order valence-electron chi connectivity index (χ2n) is 5.16. The molecule has 0 aromatic carbocycles. The topological polar surface area (TPSA) is 50.9 Å². The van der Waals surface area contributed by atoms with Gasteiger partial charge in [-0.25, -0.2) is 9.67 Å². The Labute approximate surface area is 114 Å². The van der Waals surface area contributed by atoms with Crippen molar-refractivity contribution in [2.45, 2.75) is 58.4 Å². The van der Waals surface area contributed by atoms with Crippen LogP contribution in [0.4, 0.5) is 0 Å². The van der Waals surface area contributed by atoms with Gasteiger partial charge in [0.15, 0.2) is 0 Å². The largest absolute Gasteiger partial charge is 0.392 e. The molecule has 0 radical (unpaired) electrons. The quantitative estimate of drug-likeness (QED) is 0.788. The Kier molecular flexibility index (Phi) is 6.71. The van der Waals surface area contributed by atoms with Gasteiger partial charge in [0, 0.05) is 24.0 Å². The maximum atomic E-state index is 10.0. The summed E-state index contributed by atoms with van der Waals surface area (Å²) in [6.45, 7) is 9.53. The third kappa shape index (κ3) is 5.40. The van der Waals surface area contributed by atoms with Crippen molar-refractivity contribution in [1.82, 2.24) is 14.8 Å². The Bertz CT molecular complexity index is 341. The number of aromatic nitrogens is 3. The summed E-state index contributed by atoms with van der Waals surface area (Å²) in [5.74, 6) is 2.20. The lowest BCUT2D eigenvalue weighted by molar-refractivity contribution is 0.194. The zero-order valence-electron chi connectivity index (χ0n) is 11.8. The summed E-state index contributed by atoms with van der Waals surface area (Å²) < 4.78 is 1.90. The van der Waals surface area contributed by atoms with Gasteiger partial charge in [0.1, 0.15) is 12.2 Å². The molecule has 4 nitrogen and oxygen atoms in total. The molecule has 1 N–H and O–H groups in total. The Balaban J connectivity index is 2.43. The standard InChI is InChI=1S/C13H25N3OS/c1-5-11(4)18-8-12(17)6-13-14-9-15-16(13)7-10(2)3/h9-12,17H,5-8H2,1-4H3. The third-order valence-corrected chi connectivity index (χ3v) is 4.28. The lowest BCUT2D eigenvalue weighted by Crippen LogP contribution is -2.20. The van der Waals surface area contributed by atoms with Crippen LogP contribution in [0.1, 0.15) is 39.9 Å². The molecule has 1 aromatic heterocycles. The molecular weight excluding hydrogens is 246 g/mol. The summed E-state index contributed by atoms with van der Waals surface area (Å²) in [6.07, 6.45) is 2.97. The number of hydrogen-bond acceptors (Lipinski definition) is 4. The van der Waals surface area contributed by atoms with E-state index in [1.165, 1.54) is 0 Å². The highest BCUT2D eigenvalue weighted by Crippen LogP contribution is 2.16. The van der Waals surface area contributed by atoms with E-state index in [-0.39, 0.29) is 6.10 Å². The molecule has 0 aliphatic carbocycles. The second-order valence-corrected chi connectivity index (χ2v) is 6.63. The summed E-state index contributed by atoms with van der Waals surface area (Å²) in [5.41, 5.74) is 0. The van der Waals surface area contributed by atoms with Gasteiger partial charge in [-0.1, -0.05) is 27.7 Å². The molecule has 5 heteroatoms. The first kappa shape index (κ1) is 15.5. The average Bonchev–Trinajstić information content (AvgIpc) is 2.72. The molecular formula is C13H25N3OS. The number of rotatable bonds is 8. The van der Waals surface area contributed by atoms with Crippen LogP contribution in [-0.4, -0.2) is 37.0 Å². The molecule has 1 heterocycles. The van der Waals surface area contributed by atoms with Gasteiger partial charge >= 0.3 is 0 Å². The zero-order chi connectivity index (χ0) is 13.5. The SMILES string of the molecule is CCC(C)SCC(O)Cc1ncnn1CC(C)C. The van der Waals surface area contributed by atoms with Crippen molar-refractivity contribution in [3.8, 4) is 0 Å². The molecule has 0 saturated heterocycles. The number of nitrogens with zero attached hydrogens (tertiary/aromatic N) is 3. The summed E-state index contributed by atoms with van der Waals surface area (Å²) in [4.78, 5) is 4.24. The minimum atomic E-state index is -0.334. The second kappa shape index (κ2) is 7.79. The molecule has 0 aliphatic heterocycles. The lowest BCUT2D eigenvalue weighted by Gasteiger charge is -2.14. The van der Waals surface area contributed by atoms with Gasteiger partial charge in [-0.15, -0.1) is 0 Å². The molecule has 1 rings (SSSR count). The fraction of sp³-hybridized carbons (Fsp3) is 0.846. The smallest absolute Gasteiger partial charge is 0.138 e. The number of aliphatic hydroxyl groups is 1. The molecule has 0 fully saturated rings. The van der Waals surface area contributed by atoms with Crippen LogP contribution in [0.3, 0.4) is 0 Å². The Hall–Kier alpha value is -0.550. The van der Waals surface area contributed by atoms with E-state index in [1.54, 1.807) is 6.33 Å². The minimum Gasteiger partial charge on any atom is -0.392 e. The molecule has 104 valence electrons. The molecule has 0 aliphatic rings. The van der Waals surface area contributed by atoms with Crippen molar-refractivity contribution in [3.63, 3.8) is 0 Å². The van der Waals surface area contributed by atoms with Gasteiger partial charge in [-0.05, 0) is 12.3 Å². The van der Waals surface area contributed by atoms with E-state index in [0.717, 1.165) is 24.5 Å².